The Hall–Kier alpha value is -1.71. The van der Waals surface area contributed by atoms with Gasteiger partial charge in [0.25, 0.3) is 0 Å². The van der Waals surface area contributed by atoms with Crippen molar-refractivity contribution >= 4 is 23.2 Å². The van der Waals surface area contributed by atoms with Crippen LogP contribution in [0.25, 0.3) is 11.3 Å². The number of hydrogen-bond donors (Lipinski definition) is 2. The summed E-state index contributed by atoms with van der Waals surface area (Å²) in [6.07, 6.45) is 4.37. The molecule has 1 aromatic carbocycles. The first-order valence-corrected chi connectivity index (χ1v) is 6.60. The molecule has 3 aromatic rings. The van der Waals surface area contributed by atoms with Gasteiger partial charge in [0, 0.05) is 23.9 Å². The lowest BCUT2D eigenvalue weighted by molar-refractivity contribution is 0.992. The molecule has 2 N–H and O–H groups in total. The van der Waals surface area contributed by atoms with Gasteiger partial charge in [-0.2, -0.15) is 0 Å². The van der Waals surface area contributed by atoms with E-state index in [1.165, 1.54) is 0 Å². The second kappa shape index (κ2) is 5.11. The largest absolute Gasteiger partial charge is 0.365 e. The number of imidazole rings is 1. The standard InChI is InChI=1S/C14H11Cl2N3/c15-10-4-1-5-11(16)14(10)12-8-18-13(19-12)7-9-3-2-6-17-9/h1-6,8,17H,7H2,(H,18,19). The van der Waals surface area contributed by atoms with E-state index >= 15 is 0 Å². The Bertz CT molecular complexity index is 666. The van der Waals surface area contributed by atoms with Crippen molar-refractivity contribution < 1.29 is 0 Å². The fraction of sp³-hybridized carbons (Fsp3) is 0.0714. The molecule has 2 aromatic heterocycles. The molecule has 0 atom stereocenters. The molecule has 0 bridgehead atoms. The van der Waals surface area contributed by atoms with Gasteiger partial charge < -0.3 is 9.97 Å². The molecule has 0 fully saturated rings. The van der Waals surface area contributed by atoms with Crippen molar-refractivity contribution in [2.45, 2.75) is 6.42 Å². The first-order valence-electron chi connectivity index (χ1n) is 5.84. The summed E-state index contributed by atoms with van der Waals surface area (Å²) in [5.41, 5.74) is 2.72. The number of benzene rings is 1. The SMILES string of the molecule is Clc1cccc(Cl)c1-c1cnc(Cc2ccc[nH]2)[nH]1. The van der Waals surface area contributed by atoms with Gasteiger partial charge in [-0.3, -0.25) is 0 Å². The highest BCUT2D eigenvalue weighted by Gasteiger charge is 2.11. The van der Waals surface area contributed by atoms with Crippen LogP contribution in [0.15, 0.2) is 42.7 Å². The molecular formula is C14H11Cl2N3. The molecule has 0 aliphatic rings. The lowest BCUT2D eigenvalue weighted by atomic mass is 10.2. The summed E-state index contributed by atoms with van der Waals surface area (Å²) < 4.78 is 0. The van der Waals surface area contributed by atoms with Crippen LogP contribution in [0.1, 0.15) is 11.5 Å². The highest BCUT2D eigenvalue weighted by molar-refractivity contribution is 6.39. The van der Waals surface area contributed by atoms with Gasteiger partial charge in [-0.25, -0.2) is 4.98 Å². The fourth-order valence-corrected chi connectivity index (χ4v) is 2.59. The van der Waals surface area contributed by atoms with Crippen LogP contribution >= 0.6 is 23.2 Å². The highest BCUT2D eigenvalue weighted by Crippen LogP contribution is 2.33. The number of nitrogens with zero attached hydrogens (tertiary/aromatic N) is 1. The van der Waals surface area contributed by atoms with Gasteiger partial charge in [0.2, 0.25) is 0 Å². The van der Waals surface area contributed by atoms with Crippen molar-refractivity contribution in [3.05, 3.63) is 64.3 Å². The first-order chi connectivity index (χ1) is 9.24. The lowest BCUT2D eigenvalue weighted by Gasteiger charge is -2.03. The molecular weight excluding hydrogens is 281 g/mol. The topological polar surface area (TPSA) is 44.5 Å². The highest BCUT2D eigenvalue weighted by atomic mass is 35.5. The molecule has 0 radical (unpaired) electrons. The van der Waals surface area contributed by atoms with Crippen LogP contribution in [0, 0.1) is 0 Å². The van der Waals surface area contributed by atoms with Crippen molar-refractivity contribution in [3.63, 3.8) is 0 Å². The number of H-pyrrole nitrogens is 2. The van der Waals surface area contributed by atoms with E-state index in [2.05, 4.69) is 15.0 Å². The molecule has 0 aliphatic carbocycles. The van der Waals surface area contributed by atoms with Crippen LogP contribution < -0.4 is 0 Å². The molecule has 3 nitrogen and oxygen atoms in total. The zero-order chi connectivity index (χ0) is 13.2. The lowest BCUT2D eigenvalue weighted by Crippen LogP contribution is -1.90. The second-order valence-electron chi connectivity index (χ2n) is 4.21. The zero-order valence-corrected chi connectivity index (χ0v) is 11.5. The van der Waals surface area contributed by atoms with Crippen molar-refractivity contribution in [3.8, 4) is 11.3 Å². The summed E-state index contributed by atoms with van der Waals surface area (Å²) in [4.78, 5) is 10.8. The monoisotopic (exact) mass is 291 g/mol. The molecule has 5 heteroatoms. The van der Waals surface area contributed by atoms with Crippen LogP contribution in [0.2, 0.25) is 10.0 Å². The van der Waals surface area contributed by atoms with E-state index < -0.39 is 0 Å². The minimum Gasteiger partial charge on any atom is -0.365 e. The third-order valence-electron chi connectivity index (χ3n) is 2.88. The van der Waals surface area contributed by atoms with E-state index in [0.29, 0.717) is 10.0 Å². The summed E-state index contributed by atoms with van der Waals surface area (Å²) in [5, 5.41) is 1.23. The Morgan fingerprint density at radius 3 is 2.53 bits per heavy atom. The Balaban J connectivity index is 1.93. The number of nitrogens with one attached hydrogen (secondary N) is 2. The second-order valence-corrected chi connectivity index (χ2v) is 5.03. The van der Waals surface area contributed by atoms with Gasteiger partial charge in [-0.1, -0.05) is 29.3 Å². The minimum absolute atomic E-state index is 0.613. The summed E-state index contributed by atoms with van der Waals surface area (Å²) >= 11 is 12.4. The first kappa shape index (κ1) is 12.3. The van der Waals surface area contributed by atoms with Gasteiger partial charge in [0.15, 0.2) is 0 Å². The molecule has 2 heterocycles. The fourth-order valence-electron chi connectivity index (χ4n) is 1.99. The summed E-state index contributed by atoms with van der Waals surface area (Å²) in [6, 6.07) is 9.43. The number of hydrogen-bond acceptors (Lipinski definition) is 1. The third-order valence-corrected chi connectivity index (χ3v) is 3.51. The summed E-state index contributed by atoms with van der Waals surface area (Å²) in [5.74, 6) is 0.869. The van der Waals surface area contributed by atoms with E-state index in [0.717, 1.165) is 29.2 Å². The maximum Gasteiger partial charge on any atom is 0.112 e. The normalized spacial score (nSPS) is 10.8. The van der Waals surface area contributed by atoms with Crippen LogP contribution in [-0.2, 0) is 6.42 Å². The maximum atomic E-state index is 6.18. The van der Waals surface area contributed by atoms with Crippen LogP contribution in [0.3, 0.4) is 0 Å². The Morgan fingerprint density at radius 1 is 1.05 bits per heavy atom. The van der Waals surface area contributed by atoms with Gasteiger partial charge in [-0.05, 0) is 24.3 Å². The predicted molar refractivity (Wildman–Crippen MR) is 77.6 cm³/mol. The Kier molecular flexibility index (Phi) is 3.32. The van der Waals surface area contributed by atoms with Gasteiger partial charge >= 0.3 is 0 Å². The van der Waals surface area contributed by atoms with E-state index in [-0.39, 0.29) is 0 Å². The molecule has 0 amide bonds. The summed E-state index contributed by atoms with van der Waals surface area (Å²) in [7, 11) is 0. The summed E-state index contributed by atoms with van der Waals surface area (Å²) in [6.45, 7) is 0. The van der Waals surface area contributed by atoms with Crippen molar-refractivity contribution in [2.75, 3.05) is 0 Å². The number of rotatable bonds is 3. The molecule has 19 heavy (non-hydrogen) atoms. The van der Waals surface area contributed by atoms with Gasteiger partial charge in [0.1, 0.15) is 5.82 Å². The molecule has 3 rings (SSSR count). The molecule has 0 saturated carbocycles. The zero-order valence-electron chi connectivity index (χ0n) is 9.95. The van der Waals surface area contributed by atoms with E-state index in [1.54, 1.807) is 6.20 Å². The molecule has 96 valence electrons. The molecule has 0 spiro atoms. The van der Waals surface area contributed by atoms with Crippen molar-refractivity contribution in [2.24, 2.45) is 0 Å². The van der Waals surface area contributed by atoms with Crippen LogP contribution in [-0.4, -0.2) is 15.0 Å². The van der Waals surface area contributed by atoms with E-state index in [4.69, 9.17) is 23.2 Å². The maximum absolute atomic E-state index is 6.18. The van der Waals surface area contributed by atoms with Crippen LogP contribution in [0.4, 0.5) is 0 Å². The average Bonchev–Trinajstić information content (AvgIpc) is 3.02. The van der Waals surface area contributed by atoms with Gasteiger partial charge in [0.05, 0.1) is 21.9 Å². The number of aromatic nitrogens is 3. The Morgan fingerprint density at radius 2 is 1.84 bits per heavy atom. The van der Waals surface area contributed by atoms with Crippen molar-refractivity contribution in [1.82, 2.24) is 15.0 Å². The van der Waals surface area contributed by atoms with E-state index in [1.807, 2.05) is 36.5 Å². The molecule has 0 aliphatic heterocycles. The minimum atomic E-state index is 0.613. The number of halogens is 2. The predicted octanol–water partition coefficient (Wildman–Crippen LogP) is 4.30. The van der Waals surface area contributed by atoms with Gasteiger partial charge in [-0.15, -0.1) is 0 Å². The average molecular weight is 292 g/mol. The Labute approximate surface area is 120 Å². The number of aromatic amines is 2. The molecule has 0 unspecified atom stereocenters. The third kappa shape index (κ3) is 2.53. The smallest absolute Gasteiger partial charge is 0.112 e. The van der Waals surface area contributed by atoms with Crippen molar-refractivity contribution in [1.29, 1.82) is 0 Å². The quantitative estimate of drug-likeness (QED) is 0.742. The van der Waals surface area contributed by atoms with Crippen LogP contribution in [0.5, 0.6) is 0 Å². The molecule has 0 saturated heterocycles. The van der Waals surface area contributed by atoms with E-state index in [9.17, 15) is 0 Å².